The van der Waals surface area contributed by atoms with Gasteiger partial charge >= 0.3 is 5.97 Å². The molecule has 2 fully saturated rings. The van der Waals surface area contributed by atoms with Gasteiger partial charge in [0, 0.05) is 41.4 Å². The summed E-state index contributed by atoms with van der Waals surface area (Å²) in [5.41, 5.74) is 4.94. The van der Waals surface area contributed by atoms with Crippen molar-refractivity contribution in [1.82, 2.24) is 19.5 Å². The predicted octanol–water partition coefficient (Wildman–Crippen LogP) is 5.20. The number of aromatic nitrogens is 3. The number of rotatable bonds is 5. The fraction of sp³-hybridized carbons (Fsp3) is 0.267. The Morgan fingerprint density at radius 1 is 1.08 bits per heavy atom. The number of hydrogen-bond donors (Lipinski definition) is 1. The molecule has 0 bridgehead atoms. The SMILES string of the molecule is O=C(O)/C=C/c1cccc(-c2cc3nc(C(=O)N4CCc5ccccc5C45CC5)cc(C4CC4)n3n2)c1F. The molecule has 2 aliphatic carbocycles. The molecule has 4 aromatic rings. The lowest BCUT2D eigenvalue weighted by Gasteiger charge is -2.38. The molecule has 2 saturated carbocycles. The highest BCUT2D eigenvalue weighted by molar-refractivity contribution is 5.94. The number of hydrogen-bond acceptors (Lipinski definition) is 4. The van der Waals surface area contributed by atoms with E-state index in [1.54, 1.807) is 22.7 Å². The molecule has 190 valence electrons. The highest BCUT2D eigenvalue weighted by Crippen LogP contribution is 2.54. The summed E-state index contributed by atoms with van der Waals surface area (Å²) >= 11 is 0. The lowest BCUT2D eigenvalue weighted by Crippen LogP contribution is -2.45. The Balaban J connectivity index is 1.29. The van der Waals surface area contributed by atoms with Crippen molar-refractivity contribution < 1.29 is 19.1 Å². The summed E-state index contributed by atoms with van der Waals surface area (Å²) in [6.07, 6.45) is 6.88. The first-order valence-electron chi connectivity index (χ1n) is 13.0. The molecule has 38 heavy (non-hydrogen) atoms. The van der Waals surface area contributed by atoms with Crippen LogP contribution in [0.4, 0.5) is 4.39 Å². The van der Waals surface area contributed by atoms with E-state index >= 15 is 4.39 Å². The zero-order valence-corrected chi connectivity index (χ0v) is 20.6. The monoisotopic (exact) mass is 508 g/mol. The van der Waals surface area contributed by atoms with Gasteiger partial charge in [0.05, 0.1) is 11.2 Å². The Bertz CT molecular complexity index is 1670. The van der Waals surface area contributed by atoms with Crippen LogP contribution < -0.4 is 0 Å². The minimum Gasteiger partial charge on any atom is -0.478 e. The summed E-state index contributed by atoms with van der Waals surface area (Å²) < 4.78 is 17.0. The molecular formula is C30H25FN4O3. The van der Waals surface area contributed by atoms with E-state index in [0.29, 0.717) is 23.6 Å². The van der Waals surface area contributed by atoms with E-state index in [1.807, 2.05) is 17.0 Å². The van der Waals surface area contributed by atoms with Gasteiger partial charge < -0.3 is 10.0 Å². The molecule has 1 spiro atoms. The number of halogens is 1. The minimum atomic E-state index is -1.15. The van der Waals surface area contributed by atoms with Crippen molar-refractivity contribution in [2.75, 3.05) is 6.54 Å². The maximum absolute atomic E-state index is 15.3. The van der Waals surface area contributed by atoms with Crippen LogP contribution >= 0.6 is 0 Å². The maximum Gasteiger partial charge on any atom is 0.328 e. The average molecular weight is 509 g/mol. The third-order valence-electron chi connectivity index (χ3n) is 7.99. The summed E-state index contributed by atoms with van der Waals surface area (Å²) in [7, 11) is 0. The number of fused-ring (bicyclic) bond motifs is 3. The van der Waals surface area contributed by atoms with Gasteiger partial charge in [-0.3, -0.25) is 4.79 Å². The average Bonchev–Trinajstić information content (AvgIpc) is 3.85. The van der Waals surface area contributed by atoms with Gasteiger partial charge in [0.2, 0.25) is 0 Å². The van der Waals surface area contributed by atoms with E-state index in [0.717, 1.165) is 43.9 Å². The number of carbonyl (C=O) groups is 2. The summed E-state index contributed by atoms with van der Waals surface area (Å²) in [6.45, 7) is 0.661. The van der Waals surface area contributed by atoms with Crippen LogP contribution in [-0.4, -0.2) is 43.0 Å². The van der Waals surface area contributed by atoms with E-state index < -0.39 is 11.8 Å². The third-order valence-corrected chi connectivity index (χ3v) is 7.99. The van der Waals surface area contributed by atoms with Crippen molar-refractivity contribution in [3.63, 3.8) is 0 Å². The van der Waals surface area contributed by atoms with E-state index in [1.165, 1.54) is 23.3 Å². The fourth-order valence-electron chi connectivity index (χ4n) is 5.82. The molecule has 3 aliphatic rings. The van der Waals surface area contributed by atoms with Gasteiger partial charge in [0.1, 0.15) is 11.5 Å². The summed E-state index contributed by atoms with van der Waals surface area (Å²) in [4.78, 5) is 31.6. The fourth-order valence-corrected chi connectivity index (χ4v) is 5.82. The van der Waals surface area contributed by atoms with Gasteiger partial charge in [-0.15, -0.1) is 0 Å². The lowest BCUT2D eigenvalue weighted by atomic mass is 9.90. The van der Waals surface area contributed by atoms with Crippen LogP contribution in [0, 0.1) is 5.82 Å². The number of carboxylic acids is 1. The molecule has 1 N–H and O–H groups in total. The number of carbonyl (C=O) groups excluding carboxylic acids is 1. The minimum absolute atomic E-state index is 0.0730. The molecule has 2 aromatic heterocycles. The van der Waals surface area contributed by atoms with Crippen LogP contribution in [0.2, 0.25) is 0 Å². The van der Waals surface area contributed by atoms with Gasteiger partial charge in [-0.05, 0) is 61.4 Å². The van der Waals surface area contributed by atoms with E-state index in [4.69, 9.17) is 10.1 Å². The second-order valence-electron chi connectivity index (χ2n) is 10.4. The number of aliphatic carboxylic acids is 1. The Kier molecular flexibility index (Phi) is 5.01. The Morgan fingerprint density at radius 3 is 2.66 bits per heavy atom. The van der Waals surface area contributed by atoms with Crippen molar-refractivity contribution in [2.45, 2.75) is 43.6 Å². The van der Waals surface area contributed by atoms with Gasteiger partial charge in [-0.2, -0.15) is 5.10 Å². The molecule has 3 heterocycles. The Labute approximate surface area is 218 Å². The molecule has 0 radical (unpaired) electrons. The van der Waals surface area contributed by atoms with Crippen LogP contribution in [0.15, 0.2) is 60.7 Å². The molecule has 1 aliphatic heterocycles. The zero-order chi connectivity index (χ0) is 26.0. The maximum atomic E-state index is 15.3. The quantitative estimate of drug-likeness (QED) is 0.375. The molecule has 1 amide bonds. The molecule has 7 rings (SSSR count). The number of nitrogens with zero attached hydrogens (tertiary/aromatic N) is 4. The first-order chi connectivity index (χ1) is 18.4. The van der Waals surface area contributed by atoms with Gasteiger partial charge in [0.15, 0.2) is 5.65 Å². The van der Waals surface area contributed by atoms with Crippen molar-refractivity contribution >= 4 is 23.6 Å². The van der Waals surface area contributed by atoms with E-state index in [9.17, 15) is 9.59 Å². The van der Waals surface area contributed by atoms with Crippen LogP contribution in [0.3, 0.4) is 0 Å². The second kappa shape index (κ2) is 8.34. The zero-order valence-electron chi connectivity index (χ0n) is 20.6. The van der Waals surface area contributed by atoms with Crippen molar-refractivity contribution in [2.24, 2.45) is 0 Å². The Hall–Kier alpha value is -4.33. The highest BCUT2D eigenvalue weighted by Gasteiger charge is 2.54. The third kappa shape index (κ3) is 3.62. The van der Waals surface area contributed by atoms with Crippen molar-refractivity contribution in [3.05, 3.63) is 94.6 Å². The van der Waals surface area contributed by atoms with Gasteiger partial charge in [0.25, 0.3) is 5.91 Å². The summed E-state index contributed by atoms with van der Waals surface area (Å²) in [5.74, 6) is -1.49. The predicted molar refractivity (Wildman–Crippen MR) is 139 cm³/mol. The second-order valence-corrected chi connectivity index (χ2v) is 10.4. The molecule has 0 atom stereocenters. The number of carboxylic acid groups (broad SMARTS) is 1. The van der Waals surface area contributed by atoms with Crippen LogP contribution in [0.1, 0.15) is 64.5 Å². The number of amides is 1. The first-order valence-corrected chi connectivity index (χ1v) is 13.0. The van der Waals surface area contributed by atoms with Gasteiger partial charge in [-0.1, -0.05) is 36.4 Å². The van der Waals surface area contributed by atoms with Crippen molar-refractivity contribution in [1.29, 1.82) is 0 Å². The van der Waals surface area contributed by atoms with Gasteiger partial charge in [-0.25, -0.2) is 18.7 Å². The van der Waals surface area contributed by atoms with Crippen LogP contribution in [0.25, 0.3) is 23.0 Å². The molecule has 2 aromatic carbocycles. The molecule has 0 saturated heterocycles. The normalized spacial score (nSPS) is 17.8. The first kappa shape index (κ1) is 22.8. The Morgan fingerprint density at radius 2 is 1.89 bits per heavy atom. The molecule has 7 nitrogen and oxygen atoms in total. The highest BCUT2D eigenvalue weighted by atomic mass is 19.1. The van der Waals surface area contributed by atoms with E-state index in [2.05, 4.69) is 23.3 Å². The summed E-state index contributed by atoms with van der Waals surface area (Å²) in [5, 5.41) is 13.6. The van der Waals surface area contributed by atoms with Crippen LogP contribution in [0.5, 0.6) is 0 Å². The topological polar surface area (TPSA) is 87.8 Å². The van der Waals surface area contributed by atoms with E-state index in [-0.39, 0.29) is 28.5 Å². The standard InChI is InChI=1S/C30H25FN4O3/c31-28-20(10-11-27(36)37)5-3-6-21(28)23-17-26-32-24(16-25(19-8-9-19)35(26)33-23)29(38)34-15-12-18-4-1-2-7-22(18)30(34)13-14-30/h1-7,10-11,16-17,19H,8-9,12-15H2,(H,36,37)/b11-10+. The largest absolute Gasteiger partial charge is 0.478 e. The molecular weight excluding hydrogens is 483 g/mol. The van der Waals surface area contributed by atoms with Crippen LogP contribution in [-0.2, 0) is 16.8 Å². The van der Waals surface area contributed by atoms with Crippen molar-refractivity contribution in [3.8, 4) is 11.3 Å². The molecule has 0 unspecified atom stereocenters. The molecule has 8 heteroatoms. The lowest BCUT2D eigenvalue weighted by molar-refractivity contribution is -0.131. The summed E-state index contributed by atoms with van der Waals surface area (Å²) in [6, 6.07) is 16.8. The smallest absolute Gasteiger partial charge is 0.328 e. The number of benzene rings is 2.